The molecule has 0 spiro atoms. The highest BCUT2D eigenvalue weighted by Gasteiger charge is 2.40. The summed E-state index contributed by atoms with van der Waals surface area (Å²) in [6.07, 6.45) is 3.89. The number of hydrogen-bond acceptors (Lipinski definition) is 4. The molecule has 0 fully saturated rings. The molecule has 3 aromatic heterocycles. The summed E-state index contributed by atoms with van der Waals surface area (Å²) in [6, 6.07) is 48.1. The lowest BCUT2D eigenvalue weighted by atomic mass is 9.77. The number of carboxylic acids is 1. The van der Waals surface area contributed by atoms with Gasteiger partial charge in [-0.2, -0.15) is 5.10 Å². The first kappa shape index (κ1) is 28.6. The van der Waals surface area contributed by atoms with Gasteiger partial charge < -0.3 is 5.11 Å². The van der Waals surface area contributed by atoms with Crippen molar-refractivity contribution >= 4 is 5.97 Å². The molecule has 0 atom stereocenters. The third-order valence-corrected chi connectivity index (χ3v) is 8.26. The molecular formula is C40H30N4O2. The Labute approximate surface area is 267 Å². The molecule has 0 aliphatic carbocycles. The Balaban J connectivity index is 1.51. The van der Waals surface area contributed by atoms with E-state index in [0.29, 0.717) is 0 Å². The number of aromatic carboxylic acids is 1. The van der Waals surface area contributed by atoms with Crippen LogP contribution in [0.25, 0.3) is 33.8 Å². The number of aryl methyl sites for hydroxylation is 1. The summed E-state index contributed by atoms with van der Waals surface area (Å²) >= 11 is 0. The largest absolute Gasteiger partial charge is 0.478 e. The van der Waals surface area contributed by atoms with Crippen molar-refractivity contribution in [1.29, 1.82) is 0 Å². The lowest BCUT2D eigenvalue weighted by molar-refractivity contribution is 0.0697. The fraction of sp³-hybridized carbons (Fsp3) is 0.0500. The highest BCUT2D eigenvalue weighted by Crippen LogP contribution is 2.43. The lowest BCUT2D eigenvalue weighted by Crippen LogP contribution is -2.38. The Kier molecular flexibility index (Phi) is 7.53. The van der Waals surface area contributed by atoms with Gasteiger partial charge in [0.25, 0.3) is 0 Å². The van der Waals surface area contributed by atoms with Gasteiger partial charge in [-0.05, 0) is 65.6 Å². The van der Waals surface area contributed by atoms with Gasteiger partial charge in [0, 0.05) is 29.2 Å². The lowest BCUT2D eigenvalue weighted by Gasteiger charge is -2.36. The first-order valence-corrected chi connectivity index (χ1v) is 15.0. The SMILES string of the molecule is Cc1cccc(-c2nn(C(c3ccccc3)(c3ccccc3)c3ccccc3)cc2-c2ccnc(-c3ccc(C(=O)O)cc3)c2)n1. The van der Waals surface area contributed by atoms with E-state index in [-0.39, 0.29) is 5.56 Å². The van der Waals surface area contributed by atoms with Crippen molar-refractivity contribution in [2.45, 2.75) is 12.5 Å². The number of carboxylic acid groups (broad SMARTS) is 1. The molecule has 6 heteroatoms. The first-order chi connectivity index (χ1) is 22.5. The van der Waals surface area contributed by atoms with Gasteiger partial charge in [-0.15, -0.1) is 0 Å². The van der Waals surface area contributed by atoms with E-state index >= 15 is 0 Å². The van der Waals surface area contributed by atoms with Gasteiger partial charge in [0.2, 0.25) is 0 Å². The number of hydrogen-bond donors (Lipinski definition) is 1. The quantitative estimate of drug-likeness (QED) is 0.177. The molecule has 1 N–H and O–H groups in total. The molecule has 0 unspecified atom stereocenters. The molecule has 6 nitrogen and oxygen atoms in total. The highest BCUT2D eigenvalue weighted by molar-refractivity contribution is 5.88. The third kappa shape index (κ3) is 5.16. The van der Waals surface area contributed by atoms with Gasteiger partial charge in [0.15, 0.2) is 0 Å². The van der Waals surface area contributed by atoms with Crippen LogP contribution in [-0.4, -0.2) is 30.8 Å². The standard InChI is InChI=1S/C40H30N4O2/c1-28-12-11-19-36(42-28)38-35(31-24-25-41-37(26-31)29-20-22-30(23-21-29)39(45)46)27-44(43-38)40(32-13-5-2-6-14-32,33-15-7-3-8-16-33)34-17-9-4-10-18-34/h2-27H,1H3,(H,45,46). The molecule has 222 valence electrons. The van der Waals surface area contributed by atoms with Gasteiger partial charge >= 0.3 is 5.97 Å². The Morgan fingerprint density at radius 3 is 1.78 bits per heavy atom. The number of nitrogens with zero attached hydrogens (tertiary/aromatic N) is 4. The average Bonchev–Trinajstić information content (AvgIpc) is 3.56. The average molecular weight is 599 g/mol. The number of pyridine rings is 2. The maximum Gasteiger partial charge on any atom is 0.335 e. The molecule has 4 aromatic carbocycles. The van der Waals surface area contributed by atoms with Crippen LogP contribution in [0.3, 0.4) is 0 Å². The van der Waals surface area contributed by atoms with E-state index in [0.717, 1.165) is 56.2 Å². The minimum Gasteiger partial charge on any atom is -0.478 e. The van der Waals surface area contributed by atoms with Gasteiger partial charge in [0.05, 0.1) is 17.0 Å². The Morgan fingerprint density at radius 2 is 1.24 bits per heavy atom. The molecule has 0 saturated carbocycles. The zero-order chi connectivity index (χ0) is 31.5. The molecule has 0 saturated heterocycles. The summed E-state index contributed by atoms with van der Waals surface area (Å²) in [5.41, 5.74) is 8.40. The molecule has 7 aromatic rings. The normalized spacial score (nSPS) is 11.3. The molecule has 0 bridgehead atoms. The van der Waals surface area contributed by atoms with E-state index in [2.05, 4.69) is 88.7 Å². The molecule has 7 rings (SSSR count). The van der Waals surface area contributed by atoms with E-state index in [4.69, 9.17) is 10.1 Å². The van der Waals surface area contributed by atoms with Crippen molar-refractivity contribution in [1.82, 2.24) is 19.7 Å². The van der Waals surface area contributed by atoms with Crippen LogP contribution < -0.4 is 0 Å². The van der Waals surface area contributed by atoms with Crippen LogP contribution in [0.1, 0.15) is 32.7 Å². The van der Waals surface area contributed by atoms with Crippen LogP contribution in [0, 0.1) is 6.92 Å². The summed E-state index contributed by atoms with van der Waals surface area (Å²) in [4.78, 5) is 21.0. The van der Waals surface area contributed by atoms with E-state index in [1.165, 1.54) is 0 Å². The predicted octanol–water partition coefficient (Wildman–Crippen LogP) is 8.52. The van der Waals surface area contributed by atoms with Crippen molar-refractivity contribution in [2.24, 2.45) is 0 Å². The Bertz CT molecular complexity index is 2030. The summed E-state index contributed by atoms with van der Waals surface area (Å²) < 4.78 is 2.07. The van der Waals surface area contributed by atoms with E-state index in [9.17, 15) is 9.90 Å². The fourth-order valence-electron chi connectivity index (χ4n) is 6.10. The summed E-state index contributed by atoms with van der Waals surface area (Å²) in [5.74, 6) is -0.963. The van der Waals surface area contributed by atoms with E-state index in [1.807, 2.05) is 55.5 Å². The van der Waals surface area contributed by atoms with Crippen LogP contribution in [0.5, 0.6) is 0 Å². The second-order valence-corrected chi connectivity index (χ2v) is 11.1. The van der Waals surface area contributed by atoms with Crippen molar-refractivity contribution in [3.63, 3.8) is 0 Å². The molecule has 3 heterocycles. The Morgan fingerprint density at radius 1 is 0.652 bits per heavy atom. The van der Waals surface area contributed by atoms with Crippen LogP contribution >= 0.6 is 0 Å². The number of rotatable bonds is 8. The summed E-state index contributed by atoms with van der Waals surface area (Å²) in [6.45, 7) is 1.98. The molecule has 0 aliphatic heterocycles. The molecular weight excluding hydrogens is 568 g/mol. The van der Waals surface area contributed by atoms with Gasteiger partial charge in [0.1, 0.15) is 11.2 Å². The Hall–Kier alpha value is -6.14. The highest BCUT2D eigenvalue weighted by atomic mass is 16.4. The summed E-state index contributed by atoms with van der Waals surface area (Å²) in [5, 5.41) is 14.8. The molecule has 0 radical (unpaired) electrons. The second-order valence-electron chi connectivity index (χ2n) is 11.1. The van der Waals surface area contributed by atoms with Crippen LogP contribution in [0.15, 0.2) is 158 Å². The number of carbonyl (C=O) groups is 1. The van der Waals surface area contributed by atoms with Crippen molar-refractivity contribution in [3.05, 3.63) is 186 Å². The second kappa shape index (κ2) is 12.1. The van der Waals surface area contributed by atoms with Gasteiger partial charge in [-0.25, -0.2) is 4.79 Å². The minimum atomic E-state index is -0.963. The van der Waals surface area contributed by atoms with Crippen molar-refractivity contribution in [3.8, 4) is 33.8 Å². The van der Waals surface area contributed by atoms with Crippen molar-refractivity contribution < 1.29 is 9.90 Å². The molecule has 46 heavy (non-hydrogen) atoms. The smallest absolute Gasteiger partial charge is 0.335 e. The van der Waals surface area contributed by atoms with Crippen LogP contribution in [-0.2, 0) is 5.54 Å². The maximum absolute atomic E-state index is 11.4. The molecule has 0 amide bonds. The molecule has 0 aliphatic rings. The van der Waals surface area contributed by atoms with Crippen LogP contribution in [0.2, 0.25) is 0 Å². The predicted molar refractivity (Wildman–Crippen MR) is 180 cm³/mol. The topological polar surface area (TPSA) is 80.9 Å². The first-order valence-electron chi connectivity index (χ1n) is 15.0. The number of benzene rings is 4. The van der Waals surface area contributed by atoms with Gasteiger partial charge in [-0.1, -0.05) is 109 Å². The number of aromatic nitrogens is 4. The van der Waals surface area contributed by atoms with Crippen molar-refractivity contribution in [2.75, 3.05) is 0 Å². The zero-order valence-electron chi connectivity index (χ0n) is 25.2. The fourth-order valence-corrected chi connectivity index (χ4v) is 6.10. The maximum atomic E-state index is 11.4. The minimum absolute atomic E-state index is 0.230. The summed E-state index contributed by atoms with van der Waals surface area (Å²) in [7, 11) is 0. The monoisotopic (exact) mass is 598 g/mol. The third-order valence-electron chi connectivity index (χ3n) is 8.26. The van der Waals surface area contributed by atoms with E-state index < -0.39 is 11.5 Å². The zero-order valence-corrected chi connectivity index (χ0v) is 25.2. The van der Waals surface area contributed by atoms with E-state index in [1.54, 1.807) is 30.5 Å². The van der Waals surface area contributed by atoms with Crippen LogP contribution in [0.4, 0.5) is 0 Å². The van der Waals surface area contributed by atoms with Gasteiger partial charge in [-0.3, -0.25) is 14.6 Å².